The lowest BCUT2D eigenvalue weighted by Crippen LogP contribution is -2.34. The quantitative estimate of drug-likeness (QED) is 0.787. The van der Waals surface area contributed by atoms with Gasteiger partial charge in [0.05, 0.1) is 11.7 Å². The molecule has 0 saturated heterocycles. The fourth-order valence-corrected chi connectivity index (χ4v) is 2.72. The van der Waals surface area contributed by atoms with Crippen molar-refractivity contribution >= 4 is 5.91 Å². The summed E-state index contributed by atoms with van der Waals surface area (Å²) < 4.78 is 0. The molecular formula is C19H24N2O2. The SMILES string of the molecule is C=CC(=O)N(Cc1ccc(C(C)(C)O)cc1)CC1(CC#N)CC1. The number of carbonyl (C=O) groups excluding carboxylic acids is 1. The van der Waals surface area contributed by atoms with Crippen LogP contribution >= 0.6 is 0 Å². The first-order valence-electron chi connectivity index (χ1n) is 7.90. The fourth-order valence-electron chi connectivity index (χ4n) is 2.72. The second-order valence-electron chi connectivity index (χ2n) is 6.99. The average molecular weight is 312 g/mol. The van der Waals surface area contributed by atoms with Gasteiger partial charge < -0.3 is 10.0 Å². The Labute approximate surface area is 138 Å². The molecule has 4 heteroatoms. The summed E-state index contributed by atoms with van der Waals surface area (Å²) in [6, 6.07) is 9.86. The molecule has 2 rings (SSSR count). The molecule has 0 radical (unpaired) electrons. The molecule has 0 atom stereocenters. The zero-order chi connectivity index (χ0) is 17.1. The van der Waals surface area contributed by atoms with Gasteiger partial charge in [-0.25, -0.2) is 0 Å². The normalized spacial score (nSPS) is 15.6. The third kappa shape index (κ3) is 4.43. The molecule has 0 bridgehead atoms. The van der Waals surface area contributed by atoms with Crippen molar-refractivity contribution in [3.05, 3.63) is 48.0 Å². The number of carbonyl (C=O) groups is 1. The highest BCUT2D eigenvalue weighted by molar-refractivity contribution is 5.87. The summed E-state index contributed by atoms with van der Waals surface area (Å²) in [4.78, 5) is 13.9. The summed E-state index contributed by atoms with van der Waals surface area (Å²) in [5, 5.41) is 18.9. The van der Waals surface area contributed by atoms with E-state index >= 15 is 0 Å². The van der Waals surface area contributed by atoms with Gasteiger partial charge in [0, 0.05) is 24.9 Å². The second kappa shape index (κ2) is 6.55. The molecule has 1 saturated carbocycles. The predicted molar refractivity (Wildman–Crippen MR) is 89.2 cm³/mol. The number of hydrogen-bond acceptors (Lipinski definition) is 3. The van der Waals surface area contributed by atoms with Crippen molar-refractivity contribution in [3.8, 4) is 6.07 Å². The van der Waals surface area contributed by atoms with Crippen molar-refractivity contribution in [1.82, 2.24) is 4.90 Å². The zero-order valence-corrected chi connectivity index (χ0v) is 13.9. The Balaban J connectivity index is 2.11. The minimum atomic E-state index is -0.875. The molecule has 23 heavy (non-hydrogen) atoms. The van der Waals surface area contributed by atoms with Crippen molar-refractivity contribution in [2.24, 2.45) is 5.41 Å². The number of nitrogens with zero attached hydrogens (tertiary/aromatic N) is 2. The minimum absolute atomic E-state index is 0.0273. The van der Waals surface area contributed by atoms with Crippen molar-refractivity contribution in [2.75, 3.05) is 6.54 Å². The van der Waals surface area contributed by atoms with Crippen LogP contribution in [-0.4, -0.2) is 22.5 Å². The van der Waals surface area contributed by atoms with Crippen LogP contribution < -0.4 is 0 Å². The largest absolute Gasteiger partial charge is 0.386 e. The van der Waals surface area contributed by atoms with Gasteiger partial charge in [-0.05, 0) is 43.9 Å². The Morgan fingerprint density at radius 3 is 2.48 bits per heavy atom. The Morgan fingerprint density at radius 2 is 2.04 bits per heavy atom. The Hall–Kier alpha value is -2.12. The second-order valence-corrected chi connectivity index (χ2v) is 6.99. The molecule has 0 aliphatic heterocycles. The van der Waals surface area contributed by atoms with Crippen LogP contribution in [0.4, 0.5) is 0 Å². The molecule has 1 N–H and O–H groups in total. The lowest BCUT2D eigenvalue weighted by molar-refractivity contribution is -0.127. The minimum Gasteiger partial charge on any atom is -0.386 e. The number of aliphatic hydroxyl groups is 1. The molecule has 122 valence electrons. The first-order chi connectivity index (χ1) is 10.8. The highest BCUT2D eigenvalue weighted by atomic mass is 16.3. The van der Waals surface area contributed by atoms with Gasteiger partial charge in [-0.3, -0.25) is 4.79 Å². The van der Waals surface area contributed by atoms with Gasteiger partial charge in [0.25, 0.3) is 0 Å². The topological polar surface area (TPSA) is 64.3 Å². The molecule has 0 unspecified atom stereocenters. The van der Waals surface area contributed by atoms with Crippen molar-refractivity contribution in [1.29, 1.82) is 5.26 Å². The van der Waals surface area contributed by atoms with E-state index in [9.17, 15) is 9.90 Å². The summed E-state index contributed by atoms with van der Waals surface area (Å²) >= 11 is 0. The summed E-state index contributed by atoms with van der Waals surface area (Å²) in [7, 11) is 0. The number of hydrogen-bond donors (Lipinski definition) is 1. The van der Waals surface area contributed by atoms with Crippen LogP contribution in [-0.2, 0) is 16.9 Å². The maximum Gasteiger partial charge on any atom is 0.246 e. The molecule has 1 aliphatic rings. The van der Waals surface area contributed by atoms with E-state index in [0.717, 1.165) is 24.0 Å². The molecule has 1 aromatic carbocycles. The van der Waals surface area contributed by atoms with Gasteiger partial charge in [0.2, 0.25) is 5.91 Å². The molecule has 0 spiro atoms. The number of benzene rings is 1. The molecule has 1 aromatic rings. The van der Waals surface area contributed by atoms with E-state index in [0.29, 0.717) is 19.5 Å². The lowest BCUT2D eigenvalue weighted by atomic mass is 9.97. The predicted octanol–water partition coefficient (Wildman–Crippen LogP) is 3.12. The highest BCUT2D eigenvalue weighted by Gasteiger charge is 2.44. The van der Waals surface area contributed by atoms with E-state index in [4.69, 9.17) is 5.26 Å². The van der Waals surface area contributed by atoms with E-state index < -0.39 is 5.60 Å². The Bertz CT molecular complexity index is 616. The number of rotatable bonds is 7. The van der Waals surface area contributed by atoms with E-state index in [1.807, 2.05) is 24.3 Å². The summed E-state index contributed by atoms with van der Waals surface area (Å²) in [6.45, 7) is 8.15. The van der Waals surface area contributed by atoms with Crippen LogP contribution in [0.25, 0.3) is 0 Å². The molecular weight excluding hydrogens is 288 g/mol. The number of nitriles is 1. The highest BCUT2D eigenvalue weighted by Crippen LogP contribution is 2.49. The first kappa shape index (κ1) is 17.2. The molecule has 1 fully saturated rings. The Kier molecular flexibility index (Phi) is 4.91. The fraction of sp³-hybridized carbons (Fsp3) is 0.474. The molecule has 1 amide bonds. The Morgan fingerprint density at radius 1 is 1.43 bits per heavy atom. The van der Waals surface area contributed by atoms with E-state index in [1.54, 1.807) is 18.7 Å². The monoisotopic (exact) mass is 312 g/mol. The number of amides is 1. The van der Waals surface area contributed by atoms with Crippen LogP contribution in [0.15, 0.2) is 36.9 Å². The van der Waals surface area contributed by atoms with Gasteiger partial charge in [-0.2, -0.15) is 5.26 Å². The lowest BCUT2D eigenvalue weighted by Gasteiger charge is -2.26. The van der Waals surface area contributed by atoms with Crippen LogP contribution in [0.5, 0.6) is 0 Å². The standard InChI is InChI=1S/C19H24N2O2/c1-4-17(22)21(14-19(9-10-19)11-12-20)13-15-5-7-16(8-6-15)18(2,3)23/h4-8,23H,1,9-11,13-14H2,2-3H3. The van der Waals surface area contributed by atoms with Crippen LogP contribution in [0.3, 0.4) is 0 Å². The maximum atomic E-state index is 12.1. The summed E-state index contributed by atoms with van der Waals surface area (Å²) in [5.41, 5.74) is 0.937. The average Bonchev–Trinajstić information content (AvgIpc) is 3.25. The smallest absolute Gasteiger partial charge is 0.246 e. The summed E-state index contributed by atoms with van der Waals surface area (Å²) in [6.07, 6.45) is 3.82. The van der Waals surface area contributed by atoms with Gasteiger partial charge in [0.15, 0.2) is 0 Å². The van der Waals surface area contributed by atoms with Crippen LogP contribution in [0.1, 0.15) is 44.2 Å². The van der Waals surface area contributed by atoms with E-state index in [1.165, 1.54) is 6.08 Å². The third-order valence-electron chi connectivity index (χ3n) is 4.46. The van der Waals surface area contributed by atoms with Crippen molar-refractivity contribution in [2.45, 2.75) is 45.3 Å². The summed E-state index contributed by atoms with van der Waals surface area (Å²) in [5.74, 6) is -0.110. The van der Waals surface area contributed by atoms with E-state index in [2.05, 4.69) is 12.6 Å². The molecule has 4 nitrogen and oxygen atoms in total. The van der Waals surface area contributed by atoms with Crippen LogP contribution in [0.2, 0.25) is 0 Å². The van der Waals surface area contributed by atoms with E-state index in [-0.39, 0.29) is 11.3 Å². The molecule has 0 heterocycles. The van der Waals surface area contributed by atoms with Crippen molar-refractivity contribution < 1.29 is 9.90 Å². The van der Waals surface area contributed by atoms with Crippen molar-refractivity contribution in [3.63, 3.8) is 0 Å². The van der Waals surface area contributed by atoms with Gasteiger partial charge in [0.1, 0.15) is 0 Å². The zero-order valence-electron chi connectivity index (χ0n) is 13.9. The molecule has 0 aromatic heterocycles. The van der Waals surface area contributed by atoms with Gasteiger partial charge in [-0.1, -0.05) is 30.8 Å². The first-order valence-corrected chi connectivity index (χ1v) is 7.90. The van der Waals surface area contributed by atoms with Gasteiger partial charge in [-0.15, -0.1) is 0 Å². The van der Waals surface area contributed by atoms with Crippen LogP contribution in [0, 0.1) is 16.7 Å². The maximum absolute atomic E-state index is 12.1. The molecule has 1 aliphatic carbocycles. The van der Waals surface area contributed by atoms with Gasteiger partial charge >= 0.3 is 0 Å². The third-order valence-corrected chi connectivity index (χ3v) is 4.46.